The Kier molecular flexibility index (Phi) is 3.21. The van der Waals surface area contributed by atoms with Gasteiger partial charge in [-0.25, -0.2) is 4.98 Å². The van der Waals surface area contributed by atoms with Crippen molar-refractivity contribution in [3.8, 4) is 11.3 Å². The molecule has 0 N–H and O–H groups in total. The summed E-state index contributed by atoms with van der Waals surface area (Å²) in [4.78, 5) is 21.6. The van der Waals surface area contributed by atoms with Gasteiger partial charge in [0.15, 0.2) is 0 Å². The predicted molar refractivity (Wildman–Crippen MR) is 102 cm³/mol. The molecule has 1 spiro atoms. The molecule has 1 aromatic carbocycles. The van der Waals surface area contributed by atoms with Crippen LogP contribution in [0.25, 0.3) is 16.8 Å². The Balaban J connectivity index is 1.50. The zero-order valence-electron chi connectivity index (χ0n) is 14.6. The molecule has 5 heteroatoms. The molecule has 1 amide bonds. The second-order valence-electron chi connectivity index (χ2n) is 7.46. The molecule has 1 fully saturated rings. The predicted octanol–water partition coefficient (Wildman–Crippen LogP) is 3.54. The third-order valence-electron chi connectivity index (χ3n) is 5.82. The molecule has 0 bridgehead atoms. The van der Waals surface area contributed by atoms with Gasteiger partial charge in [0.05, 0.1) is 11.1 Å². The number of rotatable bonds is 2. The molecule has 0 atom stereocenters. The number of amides is 1. The van der Waals surface area contributed by atoms with Crippen molar-refractivity contribution in [1.82, 2.24) is 9.88 Å². The van der Waals surface area contributed by atoms with E-state index in [4.69, 9.17) is 4.98 Å². The summed E-state index contributed by atoms with van der Waals surface area (Å²) in [7, 11) is 4.04. The van der Waals surface area contributed by atoms with Crippen molar-refractivity contribution >= 4 is 28.5 Å². The first kappa shape index (κ1) is 15.3. The number of anilines is 1. The Morgan fingerprint density at radius 2 is 2.08 bits per heavy atom. The Bertz CT molecular complexity index is 909. The Labute approximate surface area is 151 Å². The number of hydrogen-bond acceptors (Lipinski definition) is 4. The van der Waals surface area contributed by atoms with Crippen LogP contribution >= 0.6 is 11.3 Å². The Hall–Kier alpha value is -1.98. The topological polar surface area (TPSA) is 36.4 Å². The van der Waals surface area contributed by atoms with Crippen molar-refractivity contribution in [3.63, 3.8) is 0 Å². The summed E-state index contributed by atoms with van der Waals surface area (Å²) in [5.41, 5.74) is 5.56. The van der Waals surface area contributed by atoms with Gasteiger partial charge < -0.3 is 9.80 Å². The summed E-state index contributed by atoms with van der Waals surface area (Å²) in [5, 5.41) is 3.29. The SMILES string of the molecule is CN1CC=C(c2nc(-c3ccc4c(c3)C3(CC3)C(=O)N4C)cs2)CC1. The summed E-state index contributed by atoms with van der Waals surface area (Å²) >= 11 is 1.73. The number of hydrogen-bond donors (Lipinski definition) is 0. The second-order valence-corrected chi connectivity index (χ2v) is 8.32. The van der Waals surface area contributed by atoms with Crippen LogP contribution in [0.3, 0.4) is 0 Å². The molecule has 3 aliphatic rings. The summed E-state index contributed by atoms with van der Waals surface area (Å²) in [6.45, 7) is 2.09. The normalized spacial score (nSPS) is 21.6. The first-order chi connectivity index (χ1) is 12.1. The lowest BCUT2D eigenvalue weighted by atomic mass is 9.95. The van der Waals surface area contributed by atoms with Crippen LogP contribution in [-0.2, 0) is 10.2 Å². The average molecular weight is 351 g/mol. The van der Waals surface area contributed by atoms with E-state index in [1.807, 2.05) is 11.9 Å². The fourth-order valence-corrected chi connectivity index (χ4v) is 4.94. The molecule has 25 heavy (non-hydrogen) atoms. The molecule has 2 aliphatic heterocycles. The molecule has 0 radical (unpaired) electrons. The molecular formula is C20H21N3OS. The molecule has 1 aliphatic carbocycles. The zero-order valence-corrected chi connectivity index (χ0v) is 15.4. The number of carbonyl (C=O) groups excluding carboxylic acids is 1. The lowest BCUT2D eigenvalue weighted by molar-refractivity contribution is -0.119. The lowest BCUT2D eigenvalue weighted by Gasteiger charge is -2.20. The first-order valence-electron chi connectivity index (χ1n) is 8.85. The monoisotopic (exact) mass is 351 g/mol. The third-order valence-corrected chi connectivity index (χ3v) is 6.74. The second kappa shape index (κ2) is 5.26. The molecule has 3 heterocycles. The summed E-state index contributed by atoms with van der Waals surface area (Å²) in [5.74, 6) is 0.259. The van der Waals surface area contributed by atoms with Gasteiger partial charge in [-0.1, -0.05) is 12.1 Å². The minimum atomic E-state index is -0.227. The fourth-order valence-electron chi connectivity index (χ4n) is 4.04. The maximum atomic E-state index is 12.5. The highest BCUT2D eigenvalue weighted by atomic mass is 32.1. The van der Waals surface area contributed by atoms with E-state index >= 15 is 0 Å². The minimum absolute atomic E-state index is 0.227. The zero-order chi connectivity index (χ0) is 17.2. The third kappa shape index (κ3) is 2.22. The van der Waals surface area contributed by atoms with Crippen molar-refractivity contribution in [2.75, 3.05) is 32.1 Å². The largest absolute Gasteiger partial charge is 0.314 e. The van der Waals surface area contributed by atoms with Crippen molar-refractivity contribution in [2.24, 2.45) is 0 Å². The fraction of sp³-hybridized carbons (Fsp3) is 0.400. The van der Waals surface area contributed by atoms with Gasteiger partial charge >= 0.3 is 0 Å². The maximum Gasteiger partial charge on any atom is 0.237 e. The van der Waals surface area contributed by atoms with Crippen LogP contribution in [0.2, 0.25) is 0 Å². The van der Waals surface area contributed by atoms with Gasteiger partial charge in [-0.2, -0.15) is 0 Å². The van der Waals surface area contributed by atoms with Crippen LogP contribution in [0.4, 0.5) is 5.69 Å². The number of fused-ring (bicyclic) bond motifs is 2. The summed E-state index contributed by atoms with van der Waals surface area (Å²) < 4.78 is 0. The van der Waals surface area contributed by atoms with Crippen LogP contribution in [-0.4, -0.2) is 43.0 Å². The van der Waals surface area contributed by atoms with Crippen molar-refractivity contribution in [3.05, 3.63) is 40.2 Å². The lowest BCUT2D eigenvalue weighted by Crippen LogP contribution is -2.27. The number of benzene rings is 1. The van der Waals surface area contributed by atoms with E-state index in [0.717, 1.165) is 54.3 Å². The highest BCUT2D eigenvalue weighted by Gasteiger charge is 2.58. The Morgan fingerprint density at radius 3 is 2.80 bits per heavy atom. The van der Waals surface area contributed by atoms with Crippen molar-refractivity contribution < 1.29 is 4.79 Å². The number of carbonyl (C=O) groups is 1. The van der Waals surface area contributed by atoms with Gasteiger partial charge in [0.25, 0.3) is 0 Å². The number of nitrogens with zero attached hydrogens (tertiary/aromatic N) is 3. The van der Waals surface area contributed by atoms with E-state index in [-0.39, 0.29) is 11.3 Å². The van der Waals surface area contributed by atoms with Gasteiger partial charge in [-0.15, -0.1) is 11.3 Å². The van der Waals surface area contributed by atoms with Crippen LogP contribution in [0.15, 0.2) is 29.7 Å². The van der Waals surface area contributed by atoms with Gasteiger partial charge in [0.2, 0.25) is 5.91 Å². The van der Waals surface area contributed by atoms with Crippen LogP contribution < -0.4 is 4.90 Å². The van der Waals surface area contributed by atoms with Crippen LogP contribution in [0, 0.1) is 0 Å². The minimum Gasteiger partial charge on any atom is -0.314 e. The van der Waals surface area contributed by atoms with E-state index < -0.39 is 0 Å². The molecule has 2 aromatic rings. The highest BCUT2D eigenvalue weighted by Crippen LogP contribution is 2.57. The smallest absolute Gasteiger partial charge is 0.237 e. The quantitative estimate of drug-likeness (QED) is 0.830. The molecule has 1 saturated carbocycles. The first-order valence-corrected chi connectivity index (χ1v) is 9.73. The van der Waals surface area contributed by atoms with E-state index in [9.17, 15) is 4.79 Å². The van der Waals surface area contributed by atoms with Crippen molar-refractivity contribution in [2.45, 2.75) is 24.7 Å². The number of aromatic nitrogens is 1. The van der Waals surface area contributed by atoms with Crippen molar-refractivity contribution in [1.29, 1.82) is 0 Å². The van der Waals surface area contributed by atoms with Crippen LogP contribution in [0.1, 0.15) is 29.8 Å². The average Bonchev–Trinajstić information content (AvgIpc) is 3.25. The number of likely N-dealkylation sites (N-methyl/N-ethyl adjacent to an activating group) is 2. The van der Waals surface area contributed by atoms with Gasteiger partial charge in [-0.05, 0) is 49.6 Å². The standard InChI is InChI=1S/C20H21N3OS/c1-22-9-5-13(6-10-22)18-21-16(12-25-18)14-3-4-17-15(11-14)20(7-8-20)19(24)23(17)2/h3-5,11-12H,6-10H2,1-2H3. The Morgan fingerprint density at radius 1 is 1.24 bits per heavy atom. The summed E-state index contributed by atoms with van der Waals surface area (Å²) in [6, 6.07) is 6.39. The summed E-state index contributed by atoms with van der Waals surface area (Å²) in [6.07, 6.45) is 5.32. The van der Waals surface area contributed by atoms with Gasteiger partial charge in [-0.3, -0.25) is 4.79 Å². The van der Waals surface area contributed by atoms with E-state index in [0.29, 0.717) is 0 Å². The van der Waals surface area contributed by atoms with Gasteiger partial charge in [0, 0.05) is 36.8 Å². The molecule has 0 saturated heterocycles. The molecular weight excluding hydrogens is 330 g/mol. The molecule has 1 aromatic heterocycles. The van der Waals surface area contributed by atoms with Crippen LogP contribution in [0.5, 0.6) is 0 Å². The van der Waals surface area contributed by atoms with Gasteiger partial charge in [0.1, 0.15) is 5.01 Å². The van der Waals surface area contributed by atoms with E-state index in [2.05, 4.69) is 41.6 Å². The van der Waals surface area contributed by atoms with E-state index in [1.165, 1.54) is 11.1 Å². The van der Waals surface area contributed by atoms with E-state index in [1.54, 1.807) is 11.3 Å². The molecule has 0 unspecified atom stereocenters. The highest BCUT2D eigenvalue weighted by molar-refractivity contribution is 7.11. The molecule has 5 rings (SSSR count). The molecule has 4 nitrogen and oxygen atoms in total. The molecule has 128 valence electrons. The maximum absolute atomic E-state index is 12.5. The number of thiazole rings is 1.